The Hall–Kier alpha value is -3.10. The summed E-state index contributed by atoms with van der Waals surface area (Å²) in [5.41, 5.74) is 1.79. The molecule has 0 aliphatic rings. The van der Waals surface area contributed by atoms with Crippen LogP contribution in [0.1, 0.15) is 96.4 Å². The zero-order valence-corrected chi connectivity index (χ0v) is 25.3. The van der Waals surface area contributed by atoms with E-state index in [1.807, 2.05) is 45.9 Å². The van der Waals surface area contributed by atoms with Crippen LogP contribution in [0.25, 0.3) is 0 Å². The Morgan fingerprint density at radius 1 is 1.00 bits per heavy atom. The number of methoxy groups -OCH3 is 1. The number of unbranched alkanes of at least 4 members (excludes halogenated alkanes) is 4. The zero-order valence-electron chi connectivity index (χ0n) is 25.3. The van der Waals surface area contributed by atoms with Crippen LogP contribution in [-0.4, -0.2) is 60.6 Å². The van der Waals surface area contributed by atoms with E-state index in [9.17, 15) is 19.2 Å². The topological polar surface area (TPSA) is 114 Å². The van der Waals surface area contributed by atoms with Crippen LogP contribution in [0, 0.1) is 19.8 Å². The minimum Gasteiger partial charge on any atom is -0.468 e. The molecule has 0 bridgehead atoms. The summed E-state index contributed by atoms with van der Waals surface area (Å²) in [6.45, 7) is 14.9. The fourth-order valence-corrected chi connectivity index (χ4v) is 4.29. The largest absolute Gasteiger partial charge is 0.468 e. The number of hydrogen-bond acceptors (Lipinski definition) is 6. The lowest BCUT2D eigenvalue weighted by Crippen LogP contribution is -2.55. The number of nitrogens with zero attached hydrogens (tertiary/aromatic N) is 1. The van der Waals surface area contributed by atoms with Gasteiger partial charge in [0.1, 0.15) is 24.2 Å². The molecule has 9 nitrogen and oxygen atoms in total. The van der Waals surface area contributed by atoms with Gasteiger partial charge in [-0.25, -0.2) is 4.79 Å². The summed E-state index contributed by atoms with van der Waals surface area (Å²) in [4.78, 5) is 53.9. The maximum atomic E-state index is 14.2. The van der Waals surface area contributed by atoms with Crippen LogP contribution in [0.2, 0.25) is 0 Å². The first-order valence-corrected chi connectivity index (χ1v) is 13.9. The van der Waals surface area contributed by atoms with E-state index in [1.165, 1.54) is 12.0 Å². The van der Waals surface area contributed by atoms with Crippen molar-refractivity contribution in [3.8, 4) is 0 Å². The Bertz CT molecular complexity index is 970. The molecule has 1 rings (SSSR count). The van der Waals surface area contributed by atoms with Crippen molar-refractivity contribution >= 4 is 23.9 Å². The molecule has 0 radical (unpaired) electrons. The maximum absolute atomic E-state index is 14.2. The first kappa shape index (κ1) is 33.9. The predicted molar refractivity (Wildman–Crippen MR) is 152 cm³/mol. The van der Waals surface area contributed by atoms with E-state index in [4.69, 9.17) is 9.47 Å². The molecule has 0 spiro atoms. The molecule has 0 heterocycles. The molecular formula is C30H49N3O6. The van der Waals surface area contributed by atoms with Crippen molar-refractivity contribution < 1.29 is 28.7 Å². The van der Waals surface area contributed by atoms with Gasteiger partial charge in [-0.15, -0.1) is 0 Å². The van der Waals surface area contributed by atoms with Gasteiger partial charge in [-0.1, -0.05) is 70.2 Å². The van der Waals surface area contributed by atoms with Crippen molar-refractivity contribution in [1.29, 1.82) is 0 Å². The molecule has 0 saturated heterocycles. The molecule has 0 aliphatic heterocycles. The smallest absolute Gasteiger partial charge is 0.408 e. The third-order valence-corrected chi connectivity index (χ3v) is 6.31. The highest BCUT2D eigenvalue weighted by Crippen LogP contribution is 2.28. The van der Waals surface area contributed by atoms with E-state index in [0.29, 0.717) is 18.5 Å². The number of rotatable bonds is 14. The van der Waals surface area contributed by atoms with Crippen LogP contribution in [0.15, 0.2) is 18.2 Å². The molecule has 2 unspecified atom stereocenters. The molecule has 39 heavy (non-hydrogen) atoms. The van der Waals surface area contributed by atoms with Crippen LogP contribution in [0.3, 0.4) is 0 Å². The number of esters is 1. The van der Waals surface area contributed by atoms with Gasteiger partial charge < -0.3 is 25.0 Å². The van der Waals surface area contributed by atoms with Crippen LogP contribution in [0.5, 0.6) is 0 Å². The summed E-state index contributed by atoms with van der Waals surface area (Å²) in [6.07, 6.45) is 4.07. The summed E-state index contributed by atoms with van der Waals surface area (Å²) in [6, 6.07) is 3.77. The number of aryl methyl sites for hydroxylation is 2. The van der Waals surface area contributed by atoms with E-state index >= 15 is 0 Å². The van der Waals surface area contributed by atoms with Gasteiger partial charge in [-0.2, -0.15) is 0 Å². The molecule has 3 amide bonds. The van der Waals surface area contributed by atoms with Crippen LogP contribution < -0.4 is 10.6 Å². The molecule has 0 fully saturated rings. The molecule has 220 valence electrons. The number of ether oxygens (including phenoxy) is 2. The lowest BCUT2D eigenvalue weighted by atomic mass is 9.94. The van der Waals surface area contributed by atoms with Gasteiger partial charge in [0.25, 0.3) is 0 Å². The van der Waals surface area contributed by atoms with E-state index in [0.717, 1.165) is 36.8 Å². The Balaban J connectivity index is 3.52. The fraction of sp³-hybridized carbons (Fsp3) is 0.667. The standard InChI is InChI=1S/C30H49N3O6/c1-10-11-12-13-14-17-33(28(36)25(20(2)3)32-29(37)39-30(6,7)8)26(27(35)31-19-24(34)38-9)23-16-15-21(4)18-22(23)5/h15-16,18,20,25-26H,10-14,17,19H2,1-9H3,(H,31,35)(H,32,37). The lowest BCUT2D eigenvalue weighted by molar-refractivity contribution is -0.145. The van der Waals surface area contributed by atoms with Crippen LogP contribution in [0.4, 0.5) is 4.79 Å². The molecule has 9 heteroatoms. The van der Waals surface area contributed by atoms with Gasteiger partial charge in [0.05, 0.1) is 7.11 Å². The molecular weight excluding hydrogens is 498 g/mol. The number of carbonyl (C=O) groups excluding carboxylic acids is 4. The molecule has 2 atom stereocenters. The Labute approximate surface area is 234 Å². The van der Waals surface area contributed by atoms with Crippen molar-refractivity contribution in [2.24, 2.45) is 5.92 Å². The van der Waals surface area contributed by atoms with Crippen molar-refractivity contribution in [2.75, 3.05) is 20.2 Å². The van der Waals surface area contributed by atoms with Gasteiger partial charge in [-0.05, 0) is 58.1 Å². The first-order chi connectivity index (χ1) is 18.2. The molecule has 0 aliphatic carbocycles. The molecule has 0 aromatic heterocycles. The van der Waals surface area contributed by atoms with Gasteiger partial charge in [-0.3, -0.25) is 14.4 Å². The Morgan fingerprint density at radius 3 is 2.18 bits per heavy atom. The van der Waals surface area contributed by atoms with Gasteiger partial charge >= 0.3 is 12.1 Å². The summed E-state index contributed by atoms with van der Waals surface area (Å²) in [5.74, 6) is -1.74. The second kappa shape index (κ2) is 16.1. The highest BCUT2D eigenvalue weighted by atomic mass is 16.6. The third kappa shape index (κ3) is 11.7. The second-order valence-electron chi connectivity index (χ2n) is 11.4. The zero-order chi connectivity index (χ0) is 29.8. The molecule has 0 saturated carbocycles. The number of hydrogen-bond donors (Lipinski definition) is 2. The highest BCUT2D eigenvalue weighted by Gasteiger charge is 2.38. The van der Waals surface area contributed by atoms with Gasteiger partial charge in [0, 0.05) is 6.54 Å². The molecule has 1 aromatic carbocycles. The average molecular weight is 548 g/mol. The number of nitrogens with one attached hydrogen (secondary N) is 2. The quantitative estimate of drug-likeness (QED) is 0.251. The van der Waals surface area contributed by atoms with E-state index in [1.54, 1.807) is 20.8 Å². The van der Waals surface area contributed by atoms with Crippen molar-refractivity contribution in [1.82, 2.24) is 15.5 Å². The fourth-order valence-electron chi connectivity index (χ4n) is 4.29. The number of amides is 3. The summed E-state index contributed by atoms with van der Waals surface area (Å²) < 4.78 is 10.1. The summed E-state index contributed by atoms with van der Waals surface area (Å²) >= 11 is 0. The van der Waals surface area contributed by atoms with Crippen molar-refractivity contribution in [3.63, 3.8) is 0 Å². The van der Waals surface area contributed by atoms with Gasteiger partial charge in [0.2, 0.25) is 11.8 Å². The lowest BCUT2D eigenvalue weighted by Gasteiger charge is -2.36. The van der Waals surface area contributed by atoms with Crippen molar-refractivity contribution in [2.45, 2.75) is 105 Å². The number of carbonyl (C=O) groups is 4. The highest BCUT2D eigenvalue weighted by molar-refractivity contribution is 5.93. The van der Waals surface area contributed by atoms with Crippen molar-refractivity contribution in [3.05, 3.63) is 34.9 Å². The summed E-state index contributed by atoms with van der Waals surface area (Å²) in [7, 11) is 1.25. The molecule has 1 aromatic rings. The van der Waals surface area contributed by atoms with Gasteiger partial charge in [0.15, 0.2) is 0 Å². The second-order valence-corrected chi connectivity index (χ2v) is 11.4. The van der Waals surface area contributed by atoms with E-state index in [-0.39, 0.29) is 18.4 Å². The van der Waals surface area contributed by atoms with E-state index in [2.05, 4.69) is 17.6 Å². The SMILES string of the molecule is CCCCCCCN(C(=O)C(NC(=O)OC(C)(C)C)C(C)C)C(C(=O)NCC(=O)OC)c1ccc(C)cc1C. The van der Waals surface area contributed by atoms with Crippen LogP contribution in [-0.2, 0) is 23.9 Å². The number of alkyl carbamates (subject to hydrolysis) is 1. The van der Waals surface area contributed by atoms with Crippen LogP contribution >= 0.6 is 0 Å². The maximum Gasteiger partial charge on any atom is 0.408 e. The Kier molecular flexibility index (Phi) is 14.0. The van der Waals surface area contributed by atoms with E-state index < -0.39 is 35.7 Å². The molecule has 2 N–H and O–H groups in total. The minimum absolute atomic E-state index is 0.273. The first-order valence-electron chi connectivity index (χ1n) is 13.9. The summed E-state index contributed by atoms with van der Waals surface area (Å²) in [5, 5.41) is 5.37. The third-order valence-electron chi connectivity index (χ3n) is 6.31. The number of benzene rings is 1. The minimum atomic E-state index is -1.00. The normalized spacial score (nSPS) is 12.9. The predicted octanol–water partition coefficient (Wildman–Crippen LogP) is 4.98. The monoisotopic (exact) mass is 547 g/mol. The Morgan fingerprint density at radius 2 is 1.64 bits per heavy atom. The average Bonchev–Trinajstić information content (AvgIpc) is 2.84.